The van der Waals surface area contributed by atoms with Gasteiger partial charge in [-0.05, 0) is 36.5 Å². The first-order valence-corrected chi connectivity index (χ1v) is 5.16. The van der Waals surface area contributed by atoms with Gasteiger partial charge in [0.05, 0.1) is 0 Å². The van der Waals surface area contributed by atoms with Crippen molar-refractivity contribution in [3.05, 3.63) is 0 Å². The average molecular weight is 152 g/mol. The van der Waals surface area contributed by atoms with E-state index in [-0.39, 0.29) is 0 Å². The van der Waals surface area contributed by atoms with E-state index in [9.17, 15) is 0 Å². The molecular weight excluding hydrogens is 132 g/mol. The third kappa shape index (κ3) is 0.947. The molecule has 0 bridgehead atoms. The Balaban J connectivity index is 2.24. The highest BCUT2D eigenvalue weighted by Gasteiger charge is 2.48. The average Bonchev–Trinajstić information content (AvgIpc) is 2.25. The summed E-state index contributed by atoms with van der Waals surface area (Å²) in [6, 6.07) is 0. The number of fused-ring (bicyclic) bond motifs is 1. The van der Waals surface area contributed by atoms with Crippen molar-refractivity contribution in [3.8, 4) is 0 Å². The van der Waals surface area contributed by atoms with Crippen LogP contribution >= 0.6 is 0 Å². The van der Waals surface area contributed by atoms with E-state index in [2.05, 4.69) is 13.8 Å². The molecule has 0 amide bonds. The maximum Gasteiger partial charge on any atom is -0.0272 e. The Morgan fingerprint density at radius 3 is 1.45 bits per heavy atom. The molecule has 0 aromatic rings. The molecule has 2 saturated carbocycles. The maximum atomic E-state index is 2.53. The van der Waals surface area contributed by atoms with Crippen molar-refractivity contribution in [2.45, 2.75) is 58.8 Å². The quantitative estimate of drug-likeness (QED) is 0.496. The second kappa shape index (κ2) is 2.24. The SMILES string of the molecule is CC12CCCCC1(C)CCC2. The normalized spacial score (nSPS) is 50.7. The van der Waals surface area contributed by atoms with Gasteiger partial charge >= 0.3 is 0 Å². The summed E-state index contributed by atoms with van der Waals surface area (Å²) in [5.41, 5.74) is 1.45. The Morgan fingerprint density at radius 2 is 1.00 bits per heavy atom. The van der Waals surface area contributed by atoms with Crippen LogP contribution in [0.3, 0.4) is 0 Å². The Bertz CT molecular complexity index is 143. The van der Waals surface area contributed by atoms with Gasteiger partial charge in [0.1, 0.15) is 0 Å². The fraction of sp³-hybridized carbons (Fsp3) is 1.00. The fourth-order valence-electron chi connectivity index (χ4n) is 3.36. The molecule has 11 heavy (non-hydrogen) atoms. The topological polar surface area (TPSA) is 0 Å². The lowest BCUT2D eigenvalue weighted by Crippen LogP contribution is -2.35. The summed E-state index contributed by atoms with van der Waals surface area (Å²) in [6.45, 7) is 5.05. The molecule has 2 aliphatic rings. The van der Waals surface area contributed by atoms with Crippen molar-refractivity contribution in [2.75, 3.05) is 0 Å². The van der Waals surface area contributed by atoms with Crippen LogP contribution in [0.2, 0.25) is 0 Å². The Hall–Kier alpha value is 0. The van der Waals surface area contributed by atoms with Gasteiger partial charge < -0.3 is 0 Å². The molecule has 0 spiro atoms. The second-order valence-electron chi connectivity index (χ2n) is 5.18. The van der Waals surface area contributed by atoms with Crippen molar-refractivity contribution >= 4 is 0 Å². The van der Waals surface area contributed by atoms with Gasteiger partial charge in [-0.15, -0.1) is 0 Å². The van der Waals surface area contributed by atoms with Crippen LogP contribution in [0.4, 0.5) is 0 Å². The largest absolute Gasteiger partial charge is 0.0591 e. The van der Waals surface area contributed by atoms with E-state index >= 15 is 0 Å². The lowest BCUT2D eigenvalue weighted by molar-refractivity contribution is 0.0520. The van der Waals surface area contributed by atoms with E-state index in [1.165, 1.54) is 44.9 Å². The third-order valence-electron chi connectivity index (χ3n) is 4.62. The molecule has 0 heterocycles. The minimum atomic E-state index is 0.727. The van der Waals surface area contributed by atoms with Gasteiger partial charge in [-0.1, -0.05) is 33.1 Å². The van der Waals surface area contributed by atoms with Crippen molar-refractivity contribution < 1.29 is 0 Å². The van der Waals surface area contributed by atoms with Gasteiger partial charge in [0, 0.05) is 0 Å². The van der Waals surface area contributed by atoms with Gasteiger partial charge in [0.15, 0.2) is 0 Å². The Labute approximate surface area is 70.4 Å². The van der Waals surface area contributed by atoms with Crippen LogP contribution in [0, 0.1) is 10.8 Å². The molecule has 0 saturated heterocycles. The molecule has 0 radical (unpaired) electrons. The summed E-state index contributed by atoms with van der Waals surface area (Å²) in [5.74, 6) is 0. The minimum absolute atomic E-state index is 0.727. The smallest absolute Gasteiger partial charge is 0.0272 e. The summed E-state index contributed by atoms with van der Waals surface area (Å²) in [7, 11) is 0. The van der Waals surface area contributed by atoms with E-state index in [0.29, 0.717) is 0 Å². The van der Waals surface area contributed by atoms with Gasteiger partial charge in [-0.3, -0.25) is 0 Å². The first-order valence-electron chi connectivity index (χ1n) is 5.16. The van der Waals surface area contributed by atoms with Crippen LogP contribution in [0.1, 0.15) is 58.8 Å². The summed E-state index contributed by atoms with van der Waals surface area (Å²) >= 11 is 0. The van der Waals surface area contributed by atoms with Crippen molar-refractivity contribution in [1.82, 2.24) is 0 Å². The molecular formula is C11H20. The first-order chi connectivity index (χ1) is 5.16. The van der Waals surface area contributed by atoms with Gasteiger partial charge in [-0.2, -0.15) is 0 Å². The van der Waals surface area contributed by atoms with E-state index in [1.54, 1.807) is 0 Å². The zero-order valence-corrected chi connectivity index (χ0v) is 7.95. The van der Waals surface area contributed by atoms with Crippen molar-refractivity contribution in [2.24, 2.45) is 10.8 Å². The first kappa shape index (κ1) is 7.64. The van der Waals surface area contributed by atoms with E-state index < -0.39 is 0 Å². The number of hydrogen-bond donors (Lipinski definition) is 0. The van der Waals surface area contributed by atoms with Crippen molar-refractivity contribution in [1.29, 1.82) is 0 Å². The molecule has 0 nitrogen and oxygen atoms in total. The van der Waals surface area contributed by atoms with Crippen LogP contribution in [0.15, 0.2) is 0 Å². The molecule has 2 unspecified atom stereocenters. The second-order valence-corrected chi connectivity index (χ2v) is 5.18. The molecule has 2 atom stereocenters. The third-order valence-corrected chi connectivity index (χ3v) is 4.62. The zero-order chi connectivity index (χ0) is 7.95. The molecule has 0 heteroatoms. The summed E-state index contributed by atoms with van der Waals surface area (Å²) in [4.78, 5) is 0. The van der Waals surface area contributed by atoms with Gasteiger partial charge in [0.2, 0.25) is 0 Å². The molecule has 0 aliphatic heterocycles. The highest BCUT2D eigenvalue weighted by molar-refractivity contribution is 4.99. The molecule has 64 valence electrons. The monoisotopic (exact) mass is 152 g/mol. The van der Waals surface area contributed by atoms with E-state index in [0.717, 1.165) is 10.8 Å². The molecule has 0 aromatic heterocycles. The zero-order valence-electron chi connectivity index (χ0n) is 7.95. The summed E-state index contributed by atoms with van der Waals surface area (Å²) in [6.07, 6.45) is 10.5. The molecule has 2 rings (SSSR count). The molecule has 2 aliphatic carbocycles. The van der Waals surface area contributed by atoms with Crippen LogP contribution in [-0.2, 0) is 0 Å². The van der Waals surface area contributed by atoms with E-state index in [4.69, 9.17) is 0 Å². The summed E-state index contributed by atoms with van der Waals surface area (Å²) in [5, 5.41) is 0. The highest BCUT2D eigenvalue weighted by atomic mass is 14.5. The molecule has 0 aromatic carbocycles. The lowest BCUT2D eigenvalue weighted by atomic mass is 9.60. The van der Waals surface area contributed by atoms with Crippen LogP contribution < -0.4 is 0 Å². The molecule has 2 fully saturated rings. The fourth-order valence-corrected chi connectivity index (χ4v) is 3.36. The van der Waals surface area contributed by atoms with Crippen molar-refractivity contribution in [3.63, 3.8) is 0 Å². The van der Waals surface area contributed by atoms with Gasteiger partial charge in [0.25, 0.3) is 0 Å². The van der Waals surface area contributed by atoms with Crippen LogP contribution in [0.5, 0.6) is 0 Å². The predicted octanol–water partition coefficient (Wildman–Crippen LogP) is 3.76. The standard InChI is InChI=1S/C11H20/c1-10-6-3-4-7-11(10,2)9-5-8-10/h3-9H2,1-2H3. The maximum absolute atomic E-state index is 2.53. The minimum Gasteiger partial charge on any atom is -0.0591 e. The molecule has 0 N–H and O–H groups in total. The number of hydrogen-bond acceptors (Lipinski definition) is 0. The van der Waals surface area contributed by atoms with Gasteiger partial charge in [-0.25, -0.2) is 0 Å². The highest BCUT2D eigenvalue weighted by Crippen LogP contribution is 2.60. The lowest BCUT2D eigenvalue weighted by Gasteiger charge is -2.45. The summed E-state index contributed by atoms with van der Waals surface area (Å²) < 4.78 is 0. The van der Waals surface area contributed by atoms with Crippen LogP contribution in [0.25, 0.3) is 0 Å². The van der Waals surface area contributed by atoms with E-state index in [1.807, 2.05) is 0 Å². The van der Waals surface area contributed by atoms with Crippen LogP contribution in [-0.4, -0.2) is 0 Å². The predicted molar refractivity (Wildman–Crippen MR) is 48.5 cm³/mol. The Morgan fingerprint density at radius 1 is 0.636 bits per heavy atom. The number of rotatable bonds is 0. The Kier molecular flexibility index (Phi) is 1.56.